The van der Waals surface area contributed by atoms with Gasteiger partial charge in [-0.3, -0.25) is 14.9 Å². The first-order chi connectivity index (χ1) is 15.3. The van der Waals surface area contributed by atoms with E-state index in [0.717, 1.165) is 11.3 Å². The Morgan fingerprint density at radius 2 is 2.16 bits per heavy atom. The summed E-state index contributed by atoms with van der Waals surface area (Å²) >= 11 is 2.28. The largest absolute Gasteiger partial charge is 0.304 e. The number of thiophene rings is 1. The third-order valence-electron chi connectivity index (χ3n) is 5.13. The topological polar surface area (TPSA) is 115 Å². The third kappa shape index (κ3) is 4.12. The molecule has 3 heterocycles. The van der Waals surface area contributed by atoms with Gasteiger partial charge in [0.1, 0.15) is 10.3 Å². The van der Waals surface area contributed by atoms with E-state index in [4.69, 9.17) is 6.42 Å². The number of carbonyl (C=O) groups is 1. The fourth-order valence-electron chi connectivity index (χ4n) is 3.63. The van der Waals surface area contributed by atoms with Crippen LogP contribution in [0.25, 0.3) is 10.2 Å². The number of piperidine rings is 1. The number of hydrogen-bond acceptors (Lipinski definition) is 7. The number of sulfonamides is 1. The molecule has 1 saturated heterocycles. The molecule has 1 aliphatic heterocycles. The van der Waals surface area contributed by atoms with Gasteiger partial charge in [-0.05, 0) is 30.4 Å². The lowest BCUT2D eigenvalue weighted by atomic mass is 10.0. The number of benzene rings is 1. The molecule has 1 aromatic carbocycles. The van der Waals surface area contributed by atoms with Crippen LogP contribution in [0.3, 0.4) is 0 Å². The smallest absolute Gasteiger partial charge is 0.271 e. The van der Waals surface area contributed by atoms with E-state index in [0.29, 0.717) is 29.5 Å². The van der Waals surface area contributed by atoms with Gasteiger partial charge in [-0.25, -0.2) is 8.42 Å². The summed E-state index contributed by atoms with van der Waals surface area (Å²) in [6.07, 6.45) is 7.22. The number of nitro groups is 1. The Morgan fingerprint density at radius 1 is 1.34 bits per heavy atom. The molecular formula is C20H18N4O5S3. The van der Waals surface area contributed by atoms with Crippen LogP contribution in [-0.2, 0) is 21.4 Å². The van der Waals surface area contributed by atoms with Crippen LogP contribution in [-0.4, -0.2) is 40.7 Å². The molecule has 3 aromatic rings. The number of rotatable bonds is 5. The van der Waals surface area contributed by atoms with Gasteiger partial charge in [0.25, 0.3) is 21.6 Å². The summed E-state index contributed by atoms with van der Waals surface area (Å²) in [6.45, 7) is 0.310. The van der Waals surface area contributed by atoms with Gasteiger partial charge in [-0.15, -0.1) is 17.8 Å². The van der Waals surface area contributed by atoms with Gasteiger partial charge in [0.05, 0.1) is 21.7 Å². The molecule has 1 atom stereocenters. The average molecular weight is 491 g/mol. The third-order valence-corrected chi connectivity index (χ3v) is 9.47. The number of terminal acetylenes is 1. The average Bonchev–Trinajstić information content (AvgIpc) is 3.43. The number of carbonyl (C=O) groups excluding carboxylic acids is 1. The molecule has 166 valence electrons. The summed E-state index contributed by atoms with van der Waals surface area (Å²) in [5, 5.41) is 12.8. The lowest BCUT2D eigenvalue weighted by molar-refractivity contribution is -0.384. The van der Waals surface area contributed by atoms with E-state index in [2.05, 4.69) is 10.9 Å². The van der Waals surface area contributed by atoms with Crippen molar-refractivity contribution in [3.05, 3.63) is 50.6 Å². The van der Waals surface area contributed by atoms with Gasteiger partial charge >= 0.3 is 0 Å². The van der Waals surface area contributed by atoms with Crippen molar-refractivity contribution in [1.82, 2.24) is 8.87 Å². The number of non-ortho nitro benzene ring substituents is 1. The van der Waals surface area contributed by atoms with E-state index in [9.17, 15) is 23.3 Å². The number of aromatic nitrogens is 1. The van der Waals surface area contributed by atoms with Gasteiger partial charge in [-0.2, -0.15) is 9.30 Å². The molecule has 1 aliphatic rings. The normalized spacial score (nSPS) is 18.0. The molecular weight excluding hydrogens is 472 g/mol. The quantitative estimate of drug-likeness (QED) is 0.310. The highest BCUT2D eigenvalue weighted by Crippen LogP contribution is 2.29. The molecule has 12 heteroatoms. The second kappa shape index (κ2) is 8.95. The fourth-order valence-corrected chi connectivity index (χ4v) is 7.42. The van der Waals surface area contributed by atoms with Crippen LogP contribution in [0.2, 0.25) is 0 Å². The zero-order valence-electron chi connectivity index (χ0n) is 16.7. The molecule has 4 rings (SSSR count). The highest BCUT2D eigenvalue weighted by atomic mass is 32.2. The summed E-state index contributed by atoms with van der Waals surface area (Å²) in [4.78, 5) is 28.3. The van der Waals surface area contributed by atoms with Crippen molar-refractivity contribution in [3.63, 3.8) is 0 Å². The molecule has 0 N–H and O–H groups in total. The lowest BCUT2D eigenvalue weighted by Crippen LogP contribution is -2.47. The van der Waals surface area contributed by atoms with Crippen LogP contribution in [0, 0.1) is 22.5 Å². The molecule has 32 heavy (non-hydrogen) atoms. The SMILES string of the molecule is C#CCn1c(=NC(=O)C2CCCCN2S(=O)(=O)c2cccs2)sc2ccc([N+](=O)[O-])cc21. The Morgan fingerprint density at radius 3 is 2.84 bits per heavy atom. The van der Waals surface area contributed by atoms with Gasteiger partial charge in [0.2, 0.25) is 0 Å². The summed E-state index contributed by atoms with van der Waals surface area (Å²) in [5.74, 6) is 1.91. The van der Waals surface area contributed by atoms with Crippen LogP contribution in [0.15, 0.2) is 44.9 Å². The van der Waals surface area contributed by atoms with Crippen molar-refractivity contribution in [2.45, 2.75) is 36.1 Å². The summed E-state index contributed by atoms with van der Waals surface area (Å²) in [6, 6.07) is 6.62. The molecule has 0 aliphatic carbocycles. The van der Waals surface area contributed by atoms with Crippen molar-refractivity contribution >= 4 is 54.5 Å². The number of hydrogen-bond donors (Lipinski definition) is 0. The second-order valence-electron chi connectivity index (χ2n) is 7.09. The molecule has 1 unspecified atom stereocenters. The molecule has 2 aromatic heterocycles. The van der Waals surface area contributed by atoms with Crippen molar-refractivity contribution in [3.8, 4) is 12.3 Å². The summed E-state index contributed by atoms with van der Waals surface area (Å²) in [7, 11) is -3.80. The Balaban J connectivity index is 1.77. The van der Waals surface area contributed by atoms with Crippen molar-refractivity contribution in [1.29, 1.82) is 0 Å². The minimum atomic E-state index is -3.80. The summed E-state index contributed by atoms with van der Waals surface area (Å²) < 4.78 is 29.8. The maximum absolute atomic E-state index is 13.2. The van der Waals surface area contributed by atoms with Crippen LogP contribution < -0.4 is 4.80 Å². The highest BCUT2D eigenvalue weighted by molar-refractivity contribution is 7.91. The zero-order valence-corrected chi connectivity index (χ0v) is 19.2. The van der Waals surface area contributed by atoms with Crippen LogP contribution in [0.4, 0.5) is 5.69 Å². The van der Waals surface area contributed by atoms with Crippen molar-refractivity contribution < 1.29 is 18.1 Å². The standard InChI is InChI=1S/C20H18N4O5S3/c1-2-10-22-16-13-14(24(26)27)8-9-17(16)31-20(22)21-19(25)15-6-3-4-11-23(15)32(28,29)18-7-5-12-30-18/h1,5,7-9,12-13,15H,3-4,6,10-11H2. The Kier molecular flexibility index (Phi) is 6.25. The number of thiazole rings is 1. The Labute approximate surface area is 191 Å². The van der Waals surface area contributed by atoms with Gasteiger partial charge in [-0.1, -0.05) is 29.7 Å². The minimum absolute atomic E-state index is 0.0646. The van der Waals surface area contributed by atoms with Gasteiger partial charge in [0, 0.05) is 18.7 Å². The maximum Gasteiger partial charge on any atom is 0.271 e. The number of amides is 1. The lowest BCUT2D eigenvalue weighted by Gasteiger charge is -2.31. The number of nitro benzene ring substituents is 1. The first-order valence-corrected chi connectivity index (χ1v) is 12.8. The molecule has 9 nitrogen and oxygen atoms in total. The molecule has 0 saturated carbocycles. The first kappa shape index (κ1) is 22.3. The van der Waals surface area contributed by atoms with E-state index in [1.165, 1.54) is 33.8 Å². The van der Waals surface area contributed by atoms with Crippen molar-refractivity contribution in [2.75, 3.05) is 6.54 Å². The van der Waals surface area contributed by atoms with E-state index in [1.807, 2.05) is 0 Å². The minimum Gasteiger partial charge on any atom is -0.304 e. The Hall–Kier alpha value is -2.85. The predicted octanol–water partition coefficient (Wildman–Crippen LogP) is 2.98. The van der Waals surface area contributed by atoms with E-state index >= 15 is 0 Å². The van der Waals surface area contributed by atoms with E-state index < -0.39 is 26.9 Å². The molecule has 0 spiro atoms. The maximum atomic E-state index is 13.2. The number of fused-ring (bicyclic) bond motifs is 1. The van der Waals surface area contributed by atoms with Crippen LogP contribution >= 0.6 is 22.7 Å². The monoisotopic (exact) mass is 490 g/mol. The van der Waals surface area contributed by atoms with Gasteiger partial charge < -0.3 is 4.57 Å². The fraction of sp³-hybridized carbons (Fsp3) is 0.300. The second-order valence-corrected chi connectivity index (χ2v) is 11.2. The highest BCUT2D eigenvalue weighted by Gasteiger charge is 2.38. The first-order valence-electron chi connectivity index (χ1n) is 9.68. The predicted molar refractivity (Wildman–Crippen MR) is 122 cm³/mol. The van der Waals surface area contributed by atoms with E-state index in [-0.39, 0.29) is 27.8 Å². The molecule has 1 amide bonds. The Bertz CT molecular complexity index is 1400. The zero-order chi connectivity index (χ0) is 22.9. The van der Waals surface area contributed by atoms with Gasteiger partial charge in [0.15, 0.2) is 4.80 Å². The molecule has 1 fully saturated rings. The van der Waals surface area contributed by atoms with Crippen LogP contribution in [0.5, 0.6) is 0 Å². The molecule has 0 radical (unpaired) electrons. The molecule has 0 bridgehead atoms. The van der Waals surface area contributed by atoms with E-state index in [1.54, 1.807) is 22.1 Å². The number of nitrogens with zero attached hydrogens (tertiary/aromatic N) is 4. The summed E-state index contributed by atoms with van der Waals surface area (Å²) in [5.41, 5.74) is 0.403. The van der Waals surface area contributed by atoms with Crippen molar-refractivity contribution in [2.24, 2.45) is 4.99 Å². The van der Waals surface area contributed by atoms with Crippen LogP contribution in [0.1, 0.15) is 19.3 Å².